The molecule has 112 valence electrons. The second-order valence-corrected chi connectivity index (χ2v) is 4.18. The van der Waals surface area contributed by atoms with E-state index in [-0.39, 0.29) is 35.5 Å². The van der Waals surface area contributed by atoms with Crippen molar-refractivity contribution >= 4 is 0 Å². The molecule has 0 aromatic rings. The summed E-state index contributed by atoms with van der Waals surface area (Å²) in [4.78, 5) is 0. The minimum absolute atomic E-state index is 0.0490. The Morgan fingerprint density at radius 2 is 1.00 bits per heavy atom. The highest BCUT2D eigenvalue weighted by Gasteiger charge is 2.28. The molecule has 0 saturated heterocycles. The van der Waals surface area contributed by atoms with Gasteiger partial charge in [-0.3, -0.25) is 0 Å². The van der Waals surface area contributed by atoms with Gasteiger partial charge in [-0.15, -0.1) is 0 Å². The molecule has 0 bridgehead atoms. The van der Waals surface area contributed by atoms with Gasteiger partial charge < -0.3 is 35.4 Å². The first-order valence-corrected chi connectivity index (χ1v) is 5.87. The molecule has 7 nitrogen and oxygen atoms in total. The number of aliphatic hydroxyl groups is 6. The van der Waals surface area contributed by atoms with Crippen molar-refractivity contribution in [2.75, 3.05) is 0 Å². The first-order chi connectivity index (χ1) is 8.45. The molecule has 0 aliphatic rings. The van der Waals surface area contributed by atoms with Crippen molar-refractivity contribution in [3.8, 4) is 0 Å². The Kier molecular flexibility index (Phi) is 6.14. The Bertz CT molecular complexity index is 333. The van der Waals surface area contributed by atoms with E-state index in [9.17, 15) is 0 Å². The van der Waals surface area contributed by atoms with Crippen LogP contribution in [0.3, 0.4) is 0 Å². The van der Waals surface area contributed by atoms with Crippen molar-refractivity contribution < 1.29 is 35.4 Å². The van der Waals surface area contributed by atoms with Gasteiger partial charge in [0.05, 0.1) is 11.1 Å². The average Bonchev–Trinajstić information content (AvgIpc) is 2.26. The minimum Gasteiger partial charge on any atom is -0.466 e. The van der Waals surface area contributed by atoms with Crippen LogP contribution in [0.1, 0.15) is 40.5 Å². The van der Waals surface area contributed by atoms with Gasteiger partial charge in [-0.25, -0.2) is 0 Å². The lowest BCUT2D eigenvalue weighted by molar-refractivity contribution is -0.283. The molecular formula is C12H22O7. The van der Waals surface area contributed by atoms with E-state index >= 15 is 0 Å². The molecule has 0 fully saturated rings. The summed E-state index contributed by atoms with van der Waals surface area (Å²) in [7, 11) is 0. The van der Waals surface area contributed by atoms with E-state index in [1.807, 2.05) is 0 Å². The topological polar surface area (TPSA) is 131 Å². The fourth-order valence-corrected chi connectivity index (χ4v) is 1.35. The van der Waals surface area contributed by atoms with Crippen LogP contribution in [0.5, 0.6) is 0 Å². The number of hydrogen-bond acceptors (Lipinski definition) is 7. The molecule has 6 N–H and O–H groups in total. The Balaban J connectivity index is 5.51. The lowest BCUT2D eigenvalue weighted by Gasteiger charge is -2.23. The quantitative estimate of drug-likeness (QED) is 0.289. The van der Waals surface area contributed by atoms with Gasteiger partial charge in [0.2, 0.25) is 0 Å². The molecule has 7 heteroatoms. The van der Waals surface area contributed by atoms with Gasteiger partial charge in [-0.2, -0.15) is 0 Å². The maximum absolute atomic E-state index is 9.08. The van der Waals surface area contributed by atoms with Crippen molar-refractivity contribution in [1.82, 2.24) is 0 Å². The average molecular weight is 278 g/mol. The molecule has 0 aliphatic carbocycles. The number of allylic oxidation sites excluding steroid dienone is 2. The highest BCUT2D eigenvalue weighted by molar-refractivity contribution is 5.17. The highest BCUT2D eigenvalue weighted by Crippen LogP contribution is 2.26. The predicted octanol–water partition coefficient (Wildman–Crippen LogP) is -0.368. The third-order valence-electron chi connectivity index (χ3n) is 2.73. The van der Waals surface area contributed by atoms with Crippen LogP contribution in [0, 0.1) is 0 Å². The molecule has 0 aromatic heterocycles. The summed E-state index contributed by atoms with van der Waals surface area (Å²) in [6.07, 6.45) is 0.447. The van der Waals surface area contributed by atoms with E-state index in [4.69, 9.17) is 35.4 Å². The van der Waals surface area contributed by atoms with E-state index in [1.54, 1.807) is 13.8 Å². The van der Waals surface area contributed by atoms with Gasteiger partial charge >= 0.3 is 11.9 Å². The normalized spacial score (nSPS) is 15.9. The summed E-state index contributed by atoms with van der Waals surface area (Å²) in [5, 5.41) is 54.5. The van der Waals surface area contributed by atoms with E-state index in [0.29, 0.717) is 0 Å². The maximum atomic E-state index is 9.08. The van der Waals surface area contributed by atoms with Crippen LogP contribution in [-0.2, 0) is 4.74 Å². The zero-order valence-corrected chi connectivity index (χ0v) is 11.5. The minimum atomic E-state index is -3.02. The summed E-state index contributed by atoms with van der Waals surface area (Å²) >= 11 is 0. The zero-order valence-electron chi connectivity index (χ0n) is 11.5. The van der Waals surface area contributed by atoms with Gasteiger partial charge in [0.15, 0.2) is 0 Å². The Morgan fingerprint density at radius 1 is 0.737 bits per heavy atom. The summed E-state index contributed by atoms with van der Waals surface area (Å²) < 4.78 is 5.32. The summed E-state index contributed by atoms with van der Waals surface area (Å²) in [5.74, 6) is -5.94. The molecular weight excluding hydrogens is 256 g/mol. The Morgan fingerprint density at radius 3 is 1.16 bits per heavy atom. The molecule has 0 spiro atoms. The molecule has 0 unspecified atom stereocenters. The summed E-state index contributed by atoms with van der Waals surface area (Å²) in [6, 6.07) is 0. The first-order valence-electron chi connectivity index (χ1n) is 5.87. The molecule has 0 aromatic carbocycles. The van der Waals surface area contributed by atoms with Crippen LogP contribution >= 0.6 is 0 Å². The highest BCUT2D eigenvalue weighted by atomic mass is 16.7. The monoisotopic (exact) mass is 278 g/mol. The van der Waals surface area contributed by atoms with Gasteiger partial charge in [0.25, 0.3) is 0 Å². The van der Waals surface area contributed by atoms with Crippen LogP contribution < -0.4 is 0 Å². The smallest absolute Gasteiger partial charge is 0.303 e. The van der Waals surface area contributed by atoms with E-state index in [2.05, 4.69) is 0 Å². The number of hydrogen-bond donors (Lipinski definition) is 6. The first kappa shape index (κ1) is 18.0. The predicted molar refractivity (Wildman–Crippen MR) is 65.8 cm³/mol. The van der Waals surface area contributed by atoms with Crippen molar-refractivity contribution in [3.05, 3.63) is 22.7 Å². The van der Waals surface area contributed by atoms with Gasteiger partial charge in [-0.05, 0) is 13.8 Å². The third kappa shape index (κ3) is 5.27. The second kappa shape index (κ2) is 6.47. The van der Waals surface area contributed by atoms with E-state index < -0.39 is 11.9 Å². The number of rotatable bonds is 6. The number of ether oxygens (including phenoxy) is 1. The van der Waals surface area contributed by atoms with E-state index in [0.717, 1.165) is 0 Å². The van der Waals surface area contributed by atoms with Crippen LogP contribution in [0.15, 0.2) is 22.7 Å². The fraction of sp³-hybridized carbons (Fsp3) is 0.667. The van der Waals surface area contributed by atoms with Crippen LogP contribution in [-0.4, -0.2) is 42.6 Å². The van der Waals surface area contributed by atoms with Crippen LogP contribution in [0.25, 0.3) is 0 Å². The van der Waals surface area contributed by atoms with Gasteiger partial charge in [0.1, 0.15) is 11.5 Å². The lowest BCUT2D eigenvalue weighted by Crippen LogP contribution is -2.31. The molecule has 0 radical (unpaired) electrons. The molecule has 19 heavy (non-hydrogen) atoms. The standard InChI is InChI=1S/C12H22O7/c1-5-9(7(3)11(13,14)15)19-10(6-2)8(4)12(16,17)18/h13-18H,5-6H2,1-4H3. The second-order valence-electron chi connectivity index (χ2n) is 4.18. The molecule has 0 atom stereocenters. The largest absolute Gasteiger partial charge is 0.466 e. The van der Waals surface area contributed by atoms with Crippen LogP contribution in [0.2, 0.25) is 0 Å². The Labute approximate surface area is 111 Å². The van der Waals surface area contributed by atoms with Crippen molar-refractivity contribution in [1.29, 1.82) is 0 Å². The molecule has 0 saturated carbocycles. The SMILES string of the molecule is CCC(OC(CC)=C(C)C(O)(O)O)=C(C)C(O)(O)O. The molecule has 0 aliphatic heterocycles. The Hall–Kier alpha value is -0.960. The summed E-state index contributed by atoms with van der Waals surface area (Å²) in [5.41, 5.74) is -0.457. The van der Waals surface area contributed by atoms with Crippen molar-refractivity contribution in [3.63, 3.8) is 0 Å². The van der Waals surface area contributed by atoms with Crippen molar-refractivity contribution in [2.24, 2.45) is 0 Å². The summed E-state index contributed by atoms with van der Waals surface area (Å²) in [6.45, 7) is 5.81. The van der Waals surface area contributed by atoms with Gasteiger partial charge in [0, 0.05) is 12.8 Å². The lowest BCUT2D eigenvalue weighted by atomic mass is 10.1. The third-order valence-corrected chi connectivity index (χ3v) is 2.73. The van der Waals surface area contributed by atoms with Crippen molar-refractivity contribution in [2.45, 2.75) is 52.5 Å². The molecule has 0 heterocycles. The fourth-order valence-electron chi connectivity index (χ4n) is 1.35. The van der Waals surface area contributed by atoms with Crippen LogP contribution in [0.4, 0.5) is 0 Å². The molecule has 0 rings (SSSR count). The zero-order chi connectivity index (χ0) is 15.4. The van der Waals surface area contributed by atoms with E-state index in [1.165, 1.54) is 13.8 Å². The maximum Gasteiger partial charge on any atom is 0.303 e. The molecule has 0 amide bonds. The van der Waals surface area contributed by atoms with Gasteiger partial charge in [-0.1, -0.05) is 13.8 Å².